The quantitative estimate of drug-likeness (QED) is 0.728. The number of rotatable bonds is 2. The van der Waals surface area contributed by atoms with Gasteiger partial charge in [-0.1, -0.05) is 18.2 Å². The average Bonchev–Trinajstić information content (AvgIpc) is 1.85. The minimum Gasteiger partial charge on any atom is -0.404 e. The van der Waals surface area contributed by atoms with E-state index in [0.29, 0.717) is 0 Å². The molecule has 0 aliphatic carbocycles. The van der Waals surface area contributed by atoms with Crippen molar-refractivity contribution in [3.8, 4) is 5.75 Å². The molecule has 0 fully saturated rings. The molecule has 0 saturated carbocycles. The van der Waals surface area contributed by atoms with Gasteiger partial charge in [-0.25, -0.2) is 4.57 Å². The largest absolute Gasteiger partial charge is 0.524 e. The van der Waals surface area contributed by atoms with Crippen molar-refractivity contribution in [3.63, 3.8) is 0 Å². The van der Waals surface area contributed by atoms with Gasteiger partial charge in [0.15, 0.2) is 0 Å². The fraction of sp³-hybridized carbons (Fsp3) is 0. The van der Waals surface area contributed by atoms with E-state index in [1.54, 1.807) is 18.2 Å². The molecule has 4 nitrogen and oxygen atoms in total. The summed E-state index contributed by atoms with van der Waals surface area (Å²) in [5.74, 6) is 0.167. The zero-order chi connectivity index (χ0) is 8.32. The molecule has 0 bridgehead atoms. The summed E-state index contributed by atoms with van der Waals surface area (Å²) < 4.78 is 14.5. The molecule has 0 atom stereocenters. The van der Waals surface area contributed by atoms with E-state index >= 15 is 0 Å². The van der Waals surface area contributed by atoms with E-state index < -0.39 is 7.82 Å². The Labute approximate surface area is 75.8 Å². The molecule has 0 aliphatic heterocycles. The molecular formula is C6H8ClO4P. The predicted molar refractivity (Wildman–Crippen MR) is 46.4 cm³/mol. The highest BCUT2D eigenvalue weighted by Crippen LogP contribution is 2.36. The van der Waals surface area contributed by atoms with E-state index in [9.17, 15) is 4.57 Å². The van der Waals surface area contributed by atoms with Crippen molar-refractivity contribution < 1.29 is 18.9 Å². The Balaban J connectivity index is 0.00000121. The molecule has 1 aromatic carbocycles. The molecule has 0 aliphatic rings. The van der Waals surface area contributed by atoms with Crippen LogP contribution in [0.4, 0.5) is 0 Å². The Morgan fingerprint density at radius 1 is 1.17 bits per heavy atom. The minimum atomic E-state index is -4.39. The van der Waals surface area contributed by atoms with Crippen LogP contribution in [0.25, 0.3) is 0 Å². The highest BCUT2D eigenvalue weighted by molar-refractivity contribution is 7.46. The predicted octanol–water partition coefficient (Wildman–Crippen LogP) is 1.58. The average molecular weight is 211 g/mol. The summed E-state index contributed by atoms with van der Waals surface area (Å²) in [6.45, 7) is 0. The van der Waals surface area contributed by atoms with Crippen molar-refractivity contribution in [3.05, 3.63) is 30.3 Å². The molecular weight excluding hydrogens is 202 g/mol. The van der Waals surface area contributed by atoms with Gasteiger partial charge in [0, 0.05) is 0 Å². The fourth-order valence-electron chi connectivity index (χ4n) is 0.619. The smallest absolute Gasteiger partial charge is 0.404 e. The normalized spacial score (nSPS) is 10.2. The third-order valence-electron chi connectivity index (χ3n) is 0.968. The molecule has 0 radical (unpaired) electrons. The number of para-hydroxylation sites is 1. The Hall–Kier alpha value is -0.540. The molecule has 0 aromatic heterocycles. The lowest BCUT2D eigenvalue weighted by Crippen LogP contribution is -1.88. The van der Waals surface area contributed by atoms with Gasteiger partial charge in [-0.15, -0.1) is 12.4 Å². The first kappa shape index (κ1) is 11.5. The summed E-state index contributed by atoms with van der Waals surface area (Å²) in [7, 11) is -4.39. The van der Waals surface area contributed by atoms with Crippen molar-refractivity contribution in [2.45, 2.75) is 0 Å². The van der Waals surface area contributed by atoms with Gasteiger partial charge in [-0.05, 0) is 12.1 Å². The summed E-state index contributed by atoms with van der Waals surface area (Å²) in [5.41, 5.74) is 0. The van der Waals surface area contributed by atoms with Crippen LogP contribution in [-0.4, -0.2) is 9.79 Å². The number of benzene rings is 1. The second-order valence-electron chi connectivity index (χ2n) is 1.89. The van der Waals surface area contributed by atoms with Gasteiger partial charge in [0.25, 0.3) is 0 Å². The summed E-state index contributed by atoms with van der Waals surface area (Å²) >= 11 is 0. The number of phosphoric acid groups is 1. The number of hydrogen-bond acceptors (Lipinski definition) is 2. The molecule has 0 unspecified atom stereocenters. The zero-order valence-corrected chi connectivity index (χ0v) is 7.66. The summed E-state index contributed by atoms with van der Waals surface area (Å²) in [4.78, 5) is 16.7. The topological polar surface area (TPSA) is 66.8 Å². The molecule has 0 heterocycles. The van der Waals surface area contributed by atoms with Gasteiger partial charge >= 0.3 is 7.82 Å². The first-order valence-corrected chi connectivity index (χ1v) is 4.41. The maximum atomic E-state index is 10.3. The maximum Gasteiger partial charge on any atom is 0.524 e. The van der Waals surface area contributed by atoms with E-state index in [1.165, 1.54) is 12.1 Å². The summed E-state index contributed by atoms with van der Waals surface area (Å²) in [6.07, 6.45) is 0. The van der Waals surface area contributed by atoms with Crippen LogP contribution in [0.1, 0.15) is 0 Å². The number of halogens is 1. The van der Waals surface area contributed by atoms with Crippen molar-refractivity contribution in [1.82, 2.24) is 0 Å². The van der Waals surface area contributed by atoms with E-state index in [2.05, 4.69) is 4.52 Å². The molecule has 12 heavy (non-hydrogen) atoms. The Morgan fingerprint density at radius 3 is 2.08 bits per heavy atom. The molecule has 68 valence electrons. The monoisotopic (exact) mass is 210 g/mol. The van der Waals surface area contributed by atoms with Crippen LogP contribution >= 0.6 is 20.2 Å². The molecule has 1 rings (SSSR count). The minimum absolute atomic E-state index is 0. The van der Waals surface area contributed by atoms with E-state index in [0.717, 1.165) is 0 Å². The zero-order valence-electron chi connectivity index (χ0n) is 5.95. The Morgan fingerprint density at radius 2 is 1.67 bits per heavy atom. The highest BCUT2D eigenvalue weighted by Gasteiger charge is 2.14. The first-order valence-electron chi connectivity index (χ1n) is 2.88. The van der Waals surface area contributed by atoms with Crippen LogP contribution in [0.15, 0.2) is 30.3 Å². The second kappa shape index (κ2) is 4.48. The number of hydrogen-bond donors (Lipinski definition) is 2. The van der Waals surface area contributed by atoms with Gasteiger partial charge in [0.2, 0.25) is 0 Å². The molecule has 0 spiro atoms. The van der Waals surface area contributed by atoms with Crippen molar-refractivity contribution in [2.24, 2.45) is 0 Å². The lowest BCUT2D eigenvalue weighted by molar-refractivity contribution is 0.283. The lowest BCUT2D eigenvalue weighted by Gasteiger charge is -2.04. The van der Waals surface area contributed by atoms with Crippen LogP contribution in [0.5, 0.6) is 5.75 Å². The van der Waals surface area contributed by atoms with Gasteiger partial charge in [0.05, 0.1) is 0 Å². The van der Waals surface area contributed by atoms with Crippen LogP contribution in [-0.2, 0) is 4.57 Å². The molecule has 6 heteroatoms. The van der Waals surface area contributed by atoms with E-state index in [-0.39, 0.29) is 18.2 Å². The molecule has 1 aromatic rings. The van der Waals surface area contributed by atoms with Gasteiger partial charge < -0.3 is 4.52 Å². The molecule has 0 amide bonds. The second-order valence-corrected chi connectivity index (χ2v) is 3.06. The SMILES string of the molecule is Cl.O=P(O)(O)Oc1ccccc1. The van der Waals surface area contributed by atoms with Crippen LogP contribution in [0, 0.1) is 0 Å². The van der Waals surface area contributed by atoms with Gasteiger partial charge in [0.1, 0.15) is 5.75 Å². The van der Waals surface area contributed by atoms with E-state index in [1.807, 2.05) is 0 Å². The summed E-state index contributed by atoms with van der Waals surface area (Å²) in [6, 6.07) is 7.93. The van der Waals surface area contributed by atoms with Crippen molar-refractivity contribution >= 4 is 20.2 Å². The Bertz CT molecular complexity index is 270. The number of phosphoric ester groups is 1. The molecule has 2 N–H and O–H groups in total. The highest BCUT2D eigenvalue weighted by atomic mass is 35.5. The lowest BCUT2D eigenvalue weighted by atomic mass is 10.3. The maximum absolute atomic E-state index is 10.3. The van der Waals surface area contributed by atoms with Crippen LogP contribution < -0.4 is 4.52 Å². The standard InChI is InChI=1S/C6H7O4P.ClH/c7-11(8,9)10-6-4-2-1-3-5-6;/h1-5H,(H2,7,8,9);1H. The summed E-state index contributed by atoms with van der Waals surface area (Å²) in [5, 5.41) is 0. The third-order valence-corrected chi connectivity index (χ3v) is 1.42. The van der Waals surface area contributed by atoms with Gasteiger partial charge in [-0.2, -0.15) is 0 Å². The van der Waals surface area contributed by atoms with E-state index in [4.69, 9.17) is 9.79 Å². The Kier molecular flexibility index (Phi) is 4.28. The molecule has 0 saturated heterocycles. The van der Waals surface area contributed by atoms with Crippen molar-refractivity contribution in [2.75, 3.05) is 0 Å². The fourth-order valence-corrected chi connectivity index (χ4v) is 1.02. The van der Waals surface area contributed by atoms with Crippen LogP contribution in [0.3, 0.4) is 0 Å². The third kappa shape index (κ3) is 4.36. The first-order chi connectivity index (χ1) is 5.08. The van der Waals surface area contributed by atoms with Crippen LogP contribution in [0.2, 0.25) is 0 Å². The van der Waals surface area contributed by atoms with Crippen molar-refractivity contribution in [1.29, 1.82) is 0 Å². The van der Waals surface area contributed by atoms with Gasteiger partial charge in [-0.3, -0.25) is 9.79 Å².